The highest BCUT2D eigenvalue weighted by molar-refractivity contribution is 5.64. The summed E-state index contributed by atoms with van der Waals surface area (Å²) in [5.41, 5.74) is 1.97. The average Bonchev–Trinajstić information content (AvgIpc) is 2.45. The lowest BCUT2D eigenvalue weighted by atomic mass is 10.3. The fourth-order valence-corrected chi connectivity index (χ4v) is 1.40. The molecule has 0 spiro atoms. The smallest absolute Gasteiger partial charge is 0.0457 e. The third kappa shape index (κ3) is 4.25. The van der Waals surface area contributed by atoms with Crippen molar-refractivity contribution in [3.8, 4) is 0 Å². The van der Waals surface area contributed by atoms with Gasteiger partial charge in [0.25, 0.3) is 0 Å². The maximum atomic E-state index is 4.19. The standard InChI is InChI=1S/C14H14N4/c1-3-9-15-13(5-1)7-11-17-18-12-8-14-6-2-4-10-16-14/h1-6,9-12H,7-8H2. The summed E-state index contributed by atoms with van der Waals surface area (Å²) in [5.74, 6) is 0. The van der Waals surface area contributed by atoms with Gasteiger partial charge in [0.1, 0.15) is 0 Å². The predicted octanol–water partition coefficient (Wildman–Crippen LogP) is 2.32. The van der Waals surface area contributed by atoms with Gasteiger partial charge in [-0.3, -0.25) is 9.97 Å². The minimum absolute atomic E-state index is 0.696. The highest BCUT2D eigenvalue weighted by atomic mass is 15.2. The first-order chi connectivity index (χ1) is 8.95. The lowest BCUT2D eigenvalue weighted by molar-refractivity contribution is 1.12. The Balaban J connectivity index is 1.75. The lowest BCUT2D eigenvalue weighted by Gasteiger charge is -1.92. The molecule has 0 atom stereocenters. The van der Waals surface area contributed by atoms with Crippen molar-refractivity contribution in [2.75, 3.05) is 0 Å². The van der Waals surface area contributed by atoms with Gasteiger partial charge in [0.05, 0.1) is 0 Å². The van der Waals surface area contributed by atoms with E-state index < -0.39 is 0 Å². The van der Waals surface area contributed by atoms with Crippen molar-refractivity contribution in [1.29, 1.82) is 0 Å². The van der Waals surface area contributed by atoms with Crippen LogP contribution in [0.4, 0.5) is 0 Å². The second kappa shape index (κ2) is 7.06. The summed E-state index contributed by atoms with van der Waals surface area (Å²) in [6.45, 7) is 0. The van der Waals surface area contributed by atoms with Crippen LogP contribution in [0.2, 0.25) is 0 Å². The molecule has 2 aromatic rings. The second-order valence-electron chi connectivity index (χ2n) is 3.65. The Morgan fingerprint density at radius 1 is 0.778 bits per heavy atom. The summed E-state index contributed by atoms with van der Waals surface area (Å²) in [7, 11) is 0. The summed E-state index contributed by atoms with van der Waals surface area (Å²) < 4.78 is 0. The third-order valence-electron chi connectivity index (χ3n) is 2.28. The van der Waals surface area contributed by atoms with Crippen LogP contribution in [0.1, 0.15) is 11.4 Å². The van der Waals surface area contributed by atoms with Crippen molar-refractivity contribution in [3.63, 3.8) is 0 Å². The molecule has 0 saturated carbocycles. The number of aromatic nitrogens is 2. The molecular weight excluding hydrogens is 224 g/mol. The Hall–Kier alpha value is -2.36. The van der Waals surface area contributed by atoms with Gasteiger partial charge in [-0.2, -0.15) is 10.2 Å². The zero-order valence-corrected chi connectivity index (χ0v) is 9.98. The van der Waals surface area contributed by atoms with E-state index in [1.54, 1.807) is 24.8 Å². The Bertz CT molecular complexity index is 456. The Kier molecular flexibility index (Phi) is 4.75. The maximum Gasteiger partial charge on any atom is 0.0457 e. The van der Waals surface area contributed by atoms with Crippen LogP contribution < -0.4 is 0 Å². The van der Waals surface area contributed by atoms with E-state index in [-0.39, 0.29) is 0 Å². The topological polar surface area (TPSA) is 50.5 Å². The van der Waals surface area contributed by atoms with Crippen molar-refractivity contribution < 1.29 is 0 Å². The molecule has 0 saturated heterocycles. The van der Waals surface area contributed by atoms with E-state index in [4.69, 9.17) is 0 Å². The van der Waals surface area contributed by atoms with E-state index in [9.17, 15) is 0 Å². The van der Waals surface area contributed by atoms with Gasteiger partial charge in [-0.05, 0) is 24.3 Å². The largest absolute Gasteiger partial charge is 0.261 e. The molecule has 2 rings (SSSR count). The minimum atomic E-state index is 0.696. The lowest BCUT2D eigenvalue weighted by Crippen LogP contribution is -1.90. The Labute approximate surface area is 106 Å². The van der Waals surface area contributed by atoms with E-state index >= 15 is 0 Å². The molecular formula is C14H14N4. The van der Waals surface area contributed by atoms with E-state index in [2.05, 4.69) is 20.2 Å². The number of hydrogen-bond donors (Lipinski definition) is 0. The molecule has 0 aliphatic carbocycles. The summed E-state index contributed by atoms with van der Waals surface area (Å²) in [4.78, 5) is 8.38. The summed E-state index contributed by atoms with van der Waals surface area (Å²) in [5, 5.41) is 7.92. The zero-order valence-electron chi connectivity index (χ0n) is 9.98. The molecule has 0 bridgehead atoms. The molecule has 4 nitrogen and oxygen atoms in total. The normalized spacial score (nSPS) is 11.3. The quantitative estimate of drug-likeness (QED) is 0.593. The molecule has 0 aliphatic rings. The van der Waals surface area contributed by atoms with Gasteiger partial charge in [0, 0.05) is 49.1 Å². The minimum Gasteiger partial charge on any atom is -0.261 e. The van der Waals surface area contributed by atoms with Gasteiger partial charge in [0.2, 0.25) is 0 Å². The van der Waals surface area contributed by atoms with Crippen molar-refractivity contribution in [2.45, 2.75) is 12.8 Å². The van der Waals surface area contributed by atoms with Crippen LogP contribution >= 0.6 is 0 Å². The summed E-state index contributed by atoms with van der Waals surface area (Å²) in [6.07, 6.45) is 8.43. The van der Waals surface area contributed by atoms with Crippen LogP contribution in [-0.2, 0) is 12.8 Å². The Morgan fingerprint density at radius 2 is 1.28 bits per heavy atom. The molecule has 0 radical (unpaired) electrons. The highest BCUT2D eigenvalue weighted by Gasteiger charge is 1.88. The molecule has 0 fully saturated rings. The molecule has 2 heterocycles. The van der Waals surface area contributed by atoms with Gasteiger partial charge < -0.3 is 0 Å². The number of hydrogen-bond acceptors (Lipinski definition) is 4. The molecule has 2 aromatic heterocycles. The van der Waals surface area contributed by atoms with Crippen LogP contribution in [-0.4, -0.2) is 22.4 Å². The third-order valence-corrected chi connectivity index (χ3v) is 2.28. The zero-order chi connectivity index (χ0) is 12.5. The Morgan fingerprint density at radius 3 is 1.67 bits per heavy atom. The molecule has 0 aliphatic heterocycles. The highest BCUT2D eigenvalue weighted by Crippen LogP contribution is 1.93. The molecule has 0 N–H and O–H groups in total. The van der Waals surface area contributed by atoms with Gasteiger partial charge in [-0.15, -0.1) is 0 Å². The first kappa shape index (κ1) is 12.1. The molecule has 0 unspecified atom stereocenters. The van der Waals surface area contributed by atoms with Gasteiger partial charge >= 0.3 is 0 Å². The van der Waals surface area contributed by atoms with Crippen molar-refractivity contribution in [2.24, 2.45) is 10.2 Å². The first-order valence-electron chi connectivity index (χ1n) is 5.78. The van der Waals surface area contributed by atoms with E-state index in [0.717, 1.165) is 11.4 Å². The van der Waals surface area contributed by atoms with Crippen LogP contribution in [0.25, 0.3) is 0 Å². The van der Waals surface area contributed by atoms with Crippen LogP contribution in [0.3, 0.4) is 0 Å². The number of rotatable bonds is 5. The van der Waals surface area contributed by atoms with Crippen molar-refractivity contribution in [1.82, 2.24) is 9.97 Å². The van der Waals surface area contributed by atoms with Gasteiger partial charge in [-0.1, -0.05) is 12.1 Å². The number of nitrogens with zero attached hydrogens (tertiary/aromatic N) is 4. The fourth-order valence-electron chi connectivity index (χ4n) is 1.40. The first-order valence-corrected chi connectivity index (χ1v) is 5.78. The average molecular weight is 238 g/mol. The van der Waals surface area contributed by atoms with Gasteiger partial charge in [-0.25, -0.2) is 0 Å². The van der Waals surface area contributed by atoms with Crippen LogP contribution in [0.15, 0.2) is 59.0 Å². The summed E-state index contributed by atoms with van der Waals surface area (Å²) in [6, 6.07) is 11.6. The molecule has 0 aromatic carbocycles. The molecule has 90 valence electrons. The summed E-state index contributed by atoms with van der Waals surface area (Å²) >= 11 is 0. The van der Waals surface area contributed by atoms with Crippen LogP contribution in [0.5, 0.6) is 0 Å². The molecule has 0 amide bonds. The van der Waals surface area contributed by atoms with E-state index in [1.165, 1.54) is 0 Å². The molecule has 18 heavy (non-hydrogen) atoms. The monoisotopic (exact) mass is 238 g/mol. The molecule has 4 heteroatoms. The van der Waals surface area contributed by atoms with Crippen molar-refractivity contribution in [3.05, 3.63) is 60.2 Å². The predicted molar refractivity (Wildman–Crippen MR) is 72.9 cm³/mol. The van der Waals surface area contributed by atoms with E-state index in [0.29, 0.717) is 12.8 Å². The second-order valence-corrected chi connectivity index (χ2v) is 3.65. The number of pyridine rings is 2. The van der Waals surface area contributed by atoms with Crippen molar-refractivity contribution >= 4 is 12.4 Å². The van der Waals surface area contributed by atoms with Gasteiger partial charge in [0.15, 0.2) is 0 Å². The fraction of sp³-hybridized carbons (Fsp3) is 0.143. The van der Waals surface area contributed by atoms with E-state index in [1.807, 2.05) is 36.4 Å². The maximum absolute atomic E-state index is 4.19. The SMILES string of the molecule is C(Cc1ccccn1)=NN=CCc1ccccn1. The van der Waals surface area contributed by atoms with Crippen LogP contribution in [0, 0.1) is 0 Å².